The first-order valence-corrected chi connectivity index (χ1v) is 8.67. The van der Waals surface area contributed by atoms with Gasteiger partial charge >= 0.3 is 0 Å². The van der Waals surface area contributed by atoms with E-state index in [1.54, 1.807) is 12.1 Å². The van der Waals surface area contributed by atoms with Crippen LogP contribution in [-0.2, 0) is 14.8 Å². The van der Waals surface area contributed by atoms with Gasteiger partial charge in [-0.05, 0) is 24.3 Å². The quantitative estimate of drug-likeness (QED) is 0.788. The Labute approximate surface area is 131 Å². The Morgan fingerprint density at radius 3 is 2.27 bits per heavy atom. The van der Waals surface area contributed by atoms with E-state index in [2.05, 4.69) is 10.2 Å². The maximum Gasteiger partial charge on any atom is 0.243 e. The van der Waals surface area contributed by atoms with E-state index < -0.39 is 10.0 Å². The summed E-state index contributed by atoms with van der Waals surface area (Å²) in [5.41, 5.74) is 6.10. The van der Waals surface area contributed by atoms with Gasteiger partial charge in [-0.1, -0.05) is 0 Å². The second-order valence-corrected chi connectivity index (χ2v) is 7.18. The fraction of sp³-hybridized carbons (Fsp3) is 0.500. The molecule has 1 fully saturated rings. The normalized spacial score (nSPS) is 17.4. The van der Waals surface area contributed by atoms with E-state index >= 15 is 0 Å². The van der Waals surface area contributed by atoms with Crippen LogP contribution in [0.4, 0.5) is 5.69 Å². The third-order valence-corrected chi connectivity index (χ3v) is 5.50. The van der Waals surface area contributed by atoms with Gasteiger partial charge in [0.1, 0.15) is 0 Å². The molecular weight excluding hydrogens is 304 g/mol. The van der Waals surface area contributed by atoms with Gasteiger partial charge in [0, 0.05) is 51.9 Å². The molecule has 2 rings (SSSR count). The average Bonchev–Trinajstić information content (AvgIpc) is 2.48. The number of carbonyl (C=O) groups excluding carboxylic acids is 1. The van der Waals surface area contributed by atoms with Gasteiger partial charge < -0.3 is 11.1 Å². The molecule has 7 nitrogen and oxygen atoms in total. The lowest BCUT2D eigenvalue weighted by Crippen LogP contribution is -2.49. The number of nitrogens with one attached hydrogen (secondary N) is 1. The van der Waals surface area contributed by atoms with Gasteiger partial charge in [-0.3, -0.25) is 9.69 Å². The molecule has 1 saturated heterocycles. The Balaban J connectivity index is 2.06. The highest BCUT2D eigenvalue weighted by atomic mass is 32.2. The Morgan fingerprint density at radius 2 is 1.77 bits per heavy atom. The predicted octanol–water partition coefficient (Wildman–Crippen LogP) is -0.0900. The van der Waals surface area contributed by atoms with E-state index in [-0.39, 0.29) is 10.8 Å². The molecular formula is C14H22N4O3S. The number of amides is 1. The Hall–Kier alpha value is -1.48. The van der Waals surface area contributed by atoms with Crippen molar-refractivity contribution < 1.29 is 13.2 Å². The molecule has 1 aliphatic rings. The highest BCUT2D eigenvalue weighted by molar-refractivity contribution is 7.89. The number of rotatable bonds is 5. The number of nitrogens with two attached hydrogens (primary N) is 1. The number of sulfonamides is 1. The van der Waals surface area contributed by atoms with E-state index in [1.165, 1.54) is 23.4 Å². The van der Waals surface area contributed by atoms with Gasteiger partial charge in [-0.2, -0.15) is 4.31 Å². The zero-order valence-electron chi connectivity index (χ0n) is 12.7. The van der Waals surface area contributed by atoms with Gasteiger partial charge in [-0.25, -0.2) is 8.42 Å². The summed E-state index contributed by atoms with van der Waals surface area (Å²) >= 11 is 0. The first kappa shape index (κ1) is 16.9. The van der Waals surface area contributed by atoms with Crippen molar-refractivity contribution >= 4 is 21.6 Å². The van der Waals surface area contributed by atoms with Crippen LogP contribution in [0.5, 0.6) is 0 Å². The number of benzene rings is 1. The van der Waals surface area contributed by atoms with Gasteiger partial charge in [0.15, 0.2) is 0 Å². The Morgan fingerprint density at radius 1 is 1.18 bits per heavy atom. The number of carbonyl (C=O) groups is 1. The summed E-state index contributed by atoms with van der Waals surface area (Å²) in [5.74, 6) is -0.188. The van der Waals surface area contributed by atoms with Crippen LogP contribution in [0.2, 0.25) is 0 Å². The summed E-state index contributed by atoms with van der Waals surface area (Å²) in [6, 6.07) is 6.23. The molecule has 122 valence electrons. The van der Waals surface area contributed by atoms with Crippen molar-refractivity contribution in [3.63, 3.8) is 0 Å². The van der Waals surface area contributed by atoms with Crippen molar-refractivity contribution in [3.8, 4) is 0 Å². The van der Waals surface area contributed by atoms with Gasteiger partial charge in [-0.15, -0.1) is 0 Å². The predicted molar refractivity (Wildman–Crippen MR) is 85.0 cm³/mol. The molecule has 0 bridgehead atoms. The average molecular weight is 326 g/mol. The van der Waals surface area contributed by atoms with Crippen LogP contribution in [0, 0.1) is 0 Å². The molecule has 0 aliphatic carbocycles. The molecule has 0 saturated carbocycles. The van der Waals surface area contributed by atoms with Gasteiger partial charge in [0.25, 0.3) is 0 Å². The van der Waals surface area contributed by atoms with Crippen LogP contribution in [0.25, 0.3) is 0 Å². The van der Waals surface area contributed by atoms with Crippen molar-refractivity contribution in [2.24, 2.45) is 5.73 Å². The van der Waals surface area contributed by atoms with Crippen molar-refractivity contribution in [1.29, 1.82) is 0 Å². The van der Waals surface area contributed by atoms with Gasteiger partial charge in [0.05, 0.1) is 4.90 Å². The standard InChI is InChI=1S/C14H22N4O3S/c1-12(19)16-13-2-4-14(5-3-13)22(20,21)18-10-8-17(7-6-15)9-11-18/h2-5H,6-11,15H2,1H3,(H,16,19). The maximum atomic E-state index is 12.6. The smallest absolute Gasteiger partial charge is 0.243 e. The third-order valence-electron chi connectivity index (χ3n) is 3.59. The van der Waals surface area contributed by atoms with E-state index in [0.29, 0.717) is 38.4 Å². The Kier molecular flexibility index (Phi) is 5.52. The summed E-state index contributed by atoms with van der Waals surface area (Å²) in [5, 5.41) is 2.62. The molecule has 0 aromatic heterocycles. The maximum absolute atomic E-state index is 12.6. The fourth-order valence-corrected chi connectivity index (χ4v) is 3.86. The number of anilines is 1. The zero-order chi connectivity index (χ0) is 16.2. The number of hydrogen-bond donors (Lipinski definition) is 2. The van der Waals surface area contributed by atoms with E-state index in [0.717, 1.165) is 6.54 Å². The van der Waals surface area contributed by atoms with Gasteiger partial charge in [0.2, 0.25) is 15.9 Å². The molecule has 1 aromatic rings. The van der Waals surface area contributed by atoms with Crippen molar-refractivity contribution in [3.05, 3.63) is 24.3 Å². The molecule has 3 N–H and O–H groups in total. The second-order valence-electron chi connectivity index (χ2n) is 5.24. The lowest BCUT2D eigenvalue weighted by Gasteiger charge is -2.33. The molecule has 1 aromatic carbocycles. The number of nitrogens with zero attached hydrogens (tertiary/aromatic N) is 2. The topological polar surface area (TPSA) is 95.7 Å². The minimum atomic E-state index is -3.48. The van der Waals surface area contributed by atoms with Crippen LogP contribution in [0.3, 0.4) is 0 Å². The van der Waals surface area contributed by atoms with E-state index in [4.69, 9.17) is 5.73 Å². The molecule has 1 aliphatic heterocycles. The number of hydrogen-bond acceptors (Lipinski definition) is 5. The van der Waals surface area contributed by atoms with Crippen LogP contribution in [-0.4, -0.2) is 62.8 Å². The highest BCUT2D eigenvalue weighted by Crippen LogP contribution is 2.19. The first-order chi connectivity index (χ1) is 10.4. The van der Waals surface area contributed by atoms with E-state index in [9.17, 15) is 13.2 Å². The monoisotopic (exact) mass is 326 g/mol. The van der Waals surface area contributed by atoms with Crippen LogP contribution < -0.4 is 11.1 Å². The lowest BCUT2D eigenvalue weighted by molar-refractivity contribution is -0.114. The van der Waals surface area contributed by atoms with Crippen molar-refractivity contribution in [2.75, 3.05) is 44.6 Å². The molecule has 0 spiro atoms. The van der Waals surface area contributed by atoms with Crippen LogP contribution >= 0.6 is 0 Å². The third kappa shape index (κ3) is 4.04. The summed E-state index contributed by atoms with van der Waals surface area (Å²) < 4.78 is 26.7. The molecule has 8 heteroatoms. The Bertz CT molecular complexity index is 607. The summed E-state index contributed by atoms with van der Waals surface area (Å²) in [6.07, 6.45) is 0. The molecule has 1 amide bonds. The van der Waals surface area contributed by atoms with Crippen molar-refractivity contribution in [2.45, 2.75) is 11.8 Å². The van der Waals surface area contributed by atoms with Crippen LogP contribution in [0.15, 0.2) is 29.2 Å². The fourth-order valence-electron chi connectivity index (χ4n) is 2.44. The molecule has 0 radical (unpaired) electrons. The minimum absolute atomic E-state index is 0.188. The minimum Gasteiger partial charge on any atom is -0.329 e. The van der Waals surface area contributed by atoms with E-state index in [1.807, 2.05) is 0 Å². The van der Waals surface area contributed by atoms with Crippen LogP contribution in [0.1, 0.15) is 6.92 Å². The first-order valence-electron chi connectivity index (χ1n) is 7.23. The summed E-state index contributed by atoms with van der Waals surface area (Å²) in [6.45, 7) is 5.11. The SMILES string of the molecule is CC(=O)Nc1ccc(S(=O)(=O)N2CCN(CCN)CC2)cc1. The molecule has 22 heavy (non-hydrogen) atoms. The zero-order valence-corrected chi connectivity index (χ0v) is 13.5. The summed E-state index contributed by atoms with van der Waals surface area (Å²) in [4.78, 5) is 13.4. The highest BCUT2D eigenvalue weighted by Gasteiger charge is 2.28. The second kappa shape index (κ2) is 7.19. The number of piperazine rings is 1. The molecule has 0 atom stereocenters. The molecule has 0 unspecified atom stereocenters. The largest absolute Gasteiger partial charge is 0.329 e. The summed E-state index contributed by atoms with van der Waals surface area (Å²) in [7, 11) is -3.48. The van der Waals surface area contributed by atoms with Crippen molar-refractivity contribution in [1.82, 2.24) is 9.21 Å². The lowest BCUT2D eigenvalue weighted by atomic mass is 10.3. The molecule has 1 heterocycles.